The fraction of sp³-hybridized carbons (Fsp3) is 0.0149. The van der Waals surface area contributed by atoms with E-state index in [1.54, 1.807) is 0 Å². The highest BCUT2D eigenvalue weighted by Crippen LogP contribution is 2.64. The zero-order chi connectivity index (χ0) is 45.5. The molecule has 0 heterocycles. The van der Waals surface area contributed by atoms with Crippen LogP contribution in [-0.2, 0) is 5.41 Å². The quantitative estimate of drug-likeness (QED) is 0.157. The van der Waals surface area contributed by atoms with Crippen LogP contribution in [-0.4, -0.2) is 0 Å². The highest BCUT2D eigenvalue weighted by molar-refractivity contribution is 6.07. The number of hydrogen-bond acceptors (Lipinski definition) is 2. The molecule has 0 amide bonds. The fourth-order valence-electron chi connectivity index (χ4n) is 11.8. The molecule has 12 aromatic rings. The van der Waals surface area contributed by atoms with Crippen LogP contribution in [0.25, 0.3) is 65.7 Å². The second kappa shape index (κ2) is 15.6. The van der Waals surface area contributed by atoms with Gasteiger partial charge in [-0.2, -0.15) is 0 Å². The largest absolute Gasteiger partial charge is 0.310 e. The summed E-state index contributed by atoms with van der Waals surface area (Å²) in [5.41, 5.74) is 18.8. The summed E-state index contributed by atoms with van der Waals surface area (Å²) in [5.74, 6) is 0. The number of anilines is 6. The number of rotatable bonds is 7. The molecule has 12 aromatic carbocycles. The highest BCUT2D eigenvalue weighted by atomic mass is 15.1. The van der Waals surface area contributed by atoms with E-state index < -0.39 is 5.41 Å². The normalized spacial score (nSPS) is 14.1. The maximum atomic E-state index is 2.51. The maximum Gasteiger partial charge on any atom is 0.0727 e. The number of nitrogens with zero attached hydrogens (tertiary/aromatic N) is 2. The van der Waals surface area contributed by atoms with Gasteiger partial charge in [0.2, 0.25) is 0 Å². The van der Waals surface area contributed by atoms with Gasteiger partial charge in [0.1, 0.15) is 0 Å². The monoisotopic (exact) mass is 876 g/mol. The fourth-order valence-corrected chi connectivity index (χ4v) is 11.8. The van der Waals surface area contributed by atoms with Crippen LogP contribution in [0.3, 0.4) is 0 Å². The van der Waals surface area contributed by atoms with Crippen molar-refractivity contribution in [3.05, 3.63) is 289 Å². The Balaban J connectivity index is 1.03. The minimum atomic E-state index is -0.595. The van der Waals surface area contributed by atoms with E-state index >= 15 is 0 Å². The van der Waals surface area contributed by atoms with Gasteiger partial charge in [0.05, 0.1) is 11.1 Å². The molecule has 0 aromatic heterocycles. The highest BCUT2D eigenvalue weighted by Gasteiger charge is 2.52. The average Bonchev–Trinajstić information content (AvgIpc) is 3.88. The average molecular weight is 877 g/mol. The van der Waals surface area contributed by atoms with Gasteiger partial charge in [-0.05, 0) is 155 Å². The first-order valence-corrected chi connectivity index (χ1v) is 23.9. The molecule has 0 saturated heterocycles. The van der Waals surface area contributed by atoms with Gasteiger partial charge in [0, 0.05) is 34.0 Å². The molecule has 0 radical (unpaired) electrons. The van der Waals surface area contributed by atoms with Crippen LogP contribution in [0.4, 0.5) is 34.1 Å². The van der Waals surface area contributed by atoms with Gasteiger partial charge in [-0.1, -0.05) is 194 Å². The summed E-state index contributed by atoms with van der Waals surface area (Å²) >= 11 is 0. The zero-order valence-corrected chi connectivity index (χ0v) is 37.8. The Hall–Kier alpha value is -8.98. The summed E-state index contributed by atoms with van der Waals surface area (Å²) in [7, 11) is 0. The van der Waals surface area contributed by atoms with Gasteiger partial charge >= 0.3 is 0 Å². The van der Waals surface area contributed by atoms with E-state index in [1.807, 2.05) is 0 Å². The van der Waals surface area contributed by atoms with Gasteiger partial charge < -0.3 is 9.80 Å². The summed E-state index contributed by atoms with van der Waals surface area (Å²) in [6.07, 6.45) is 0. The molecular weight excluding hydrogens is 833 g/mol. The van der Waals surface area contributed by atoms with E-state index in [9.17, 15) is 0 Å². The molecule has 2 aliphatic rings. The molecule has 14 rings (SSSR count). The maximum absolute atomic E-state index is 2.51. The first-order chi connectivity index (χ1) is 34.2. The Morgan fingerprint density at radius 3 is 1.32 bits per heavy atom. The van der Waals surface area contributed by atoms with E-state index in [-0.39, 0.29) is 0 Å². The third-order valence-electron chi connectivity index (χ3n) is 14.8. The van der Waals surface area contributed by atoms with Crippen LogP contribution >= 0.6 is 0 Å². The van der Waals surface area contributed by atoms with Gasteiger partial charge in [-0.25, -0.2) is 0 Å². The molecule has 2 heteroatoms. The van der Waals surface area contributed by atoms with Gasteiger partial charge in [-0.3, -0.25) is 0 Å². The summed E-state index contributed by atoms with van der Waals surface area (Å²) in [4.78, 5) is 4.91. The first kappa shape index (κ1) is 39.2. The molecule has 1 unspecified atom stereocenters. The Morgan fingerprint density at radius 2 is 0.681 bits per heavy atom. The number of fused-ring (bicyclic) bond motifs is 13. The molecule has 0 N–H and O–H groups in total. The lowest BCUT2D eigenvalue weighted by atomic mass is 9.70. The SMILES string of the molecule is c1ccc(N(c2ccc3c(c2)C2(c4ccccc4-3)c3ccccc3-c3ccc(N(c4ccccc4)c4ccc5ccccc5c4-c4ccc5ccccc5c4)cc32)c2ccc3ccccc3c2)cc1. The number of para-hydroxylation sites is 2. The molecule has 0 bridgehead atoms. The lowest BCUT2D eigenvalue weighted by molar-refractivity contribution is 0.793. The van der Waals surface area contributed by atoms with Crippen molar-refractivity contribution in [2.45, 2.75) is 5.41 Å². The van der Waals surface area contributed by atoms with Gasteiger partial charge in [-0.15, -0.1) is 0 Å². The van der Waals surface area contributed by atoms with Crippen molar-refractivity contribution < 1.29 is 0 Å². The lowest BCUT2D eigenvalue weighted by Gasteiger charge is -2.34. The summed E-state index contributed by atoms with van der Waals surface area (Å²) < 4.78 is 0. The topological polar surface area (TPSA) is 6.48 Å². The molecule has 0 fully saturated rings. The molecule has 0 aliphatic heterocycles. The standard InChI is InChI=1S/C67H44N2/c1-3-22-51(23-4-1)68(53-35-33-46-18-8-10-21-49(46)42-53)54-36-38-59-57-27-13-15-29-61(57)67(63(59)43-54)62-30-16-14-28-58(62)60-39-37-55(44-64(60)67)69(52-24-5-2-6-25-52)65-40-34-47-19-11-12-26-56(47)66(65)50-32-31-45-17-7-9-20-48(45)41-50/h1-44H. The lowest BCUT2D eigenvalue weighted by Crippen LogP contribution is -2.26. The van der Waals surface area contributed by atoms with Crippen molar-refractivity contribution in [1.29, 1.82) is 0 Å². The minimum Gasteiger partial charge on any atom is -0.310 e. The van der Waals surface area contributed by atoms with Crippen LogP contribution in [0.2, 0.25) is 0 Å². The minimum absolute atomic E-state index is 0.595. The van der Waals surface area contributed by atoms with Crippen molar-refractivity contribution in [3.63, 3.8) is 0 Å². The van der Waals surface area contributed by atoms with E-state index in [0.29, 0.717) is 0 Å². The Morgan fingerprint density at radius 1 is 0.246 bits per heavy atom. The smallest absolute Gasteiger partial charge is 0.0727 e. The third kappa shape index (κ3) is 5.99. The molecular formula is C67H44N2. The van der Waals surface area contributed by atoms with Crippen LogP contribution in [0.15, 0.2) is 267 Å². The van der Waals surface area contributed by atoms with Crippen molar-refractivity contribution in [2.75, 3.05) is 9.80 Å². The van der Waals surface area contributed by atoms with Crippen LogP contribution in [0, 0.1) is 0 Å². The predicted molar refractivity (Wildman–Crippen MR) is 290 cm³/mol. The van der Waals surface area contributed by atoms with Crippen LogP contribution in [0.5, 0.6) is 0 Å². The summed E-state index contributed by atoms with van der Waals surface area (Å²) in [6.45, 7) is 0. The predicted octanol–water partition coefficient (Wildman–Crippen LogP) is 18.1. The second-order valence-corrected chi connectivity index (χ2v) is 18.4. The molecule has 2 aliphatic carbocycles. The van der Waals surface area contributed by atoms with Crippen LogP contribution in [0.1, 0.15) is 22.3 Å². The summed E-state index contributed by atoms with van der Waals surface area (Å²) in [5, 5.41) is 7.33. The molecule has 2 nitrogen and oxygen atoms in total. The summed E-state index contributed by atoms with van der Waals surface area (Å²) in [6, 6.07) is 98.9. The van der Waals surface area contributed by atoms with Crippen molar-refractivity contribution in [1.82, 2.24) is 0 Å². The van der Waals surface area contributed by atoms with Crippen molar-refractivity contribution >= 4 is 66.4 Å². The molecule has 69 heavy (non-hydrogen) atoms. The Bertz CT molecular complexity index is 3970. The third-order valence-corrected chi connectivity index (χ3v) is 14.8. The van der Waals surface area contributed by atoms with E-state index in [2.05, 4.69) is 277 Å². The molecule has 1 atom stereocenters. The molecule has 1 spiro atoms. The van der Waals surface area contributed by atoms with Crippen molar-refractivity contribution in [3.8, 4) is 33.4 Å². The van der Waals surface area contributed by atoms with Crippen molar-refractivity contribution in [2.24, 2.45) is 0 Å². The second-order valence-electron chi connectivity index (χ2n) is 18.4. The Kier molecular flexibility index (Phi) is 8.84. The first-order valence-electron chi connectivity index (χ1n) is 23.9. The van der Waals surface area contributed by atoms with E-state index in [1.165, 1.54) is 88.0 Å². The van der Waals surface area contributed by atoms with E-state index in [4.69, 9.17) is 0 Å². The zero-order valence-electron chi connectivity index (χ0n) is 37.8. The number of hydrogen-bond donors (Lipinski definition) is 0. The van der Waals surface area contributed by atoms with Gasteiger partial charge in [0.25, 0.3) is 0 Å². The van der Waals surface area contributed by atoms with Crippen LogP contribution < -0.4 is 9.80 Å². The van der Waals surface area contributed by atoms with Gasteiger partial charge in [0.15, 0.2) is 0 Å². The Labute approximate surface area is 402 Å². The molecule has 322 valence electrons. The van der Waals surface area contributed by atoms with E-state index in [0.717, 1.165) is 34.1 Å². The molecule has 0 saturated carbocycles. The number of benzene rings is 12.